The molecule has 0 saturated heterocycles. The molecule has 0 bridgehead atoms. The Kier molecular flexibility index (Phi) is 8.79. The molecule has 4 heteroatoms. The Labute approximate surface area is 365 Å². The van der Waals surface area contributed by atoms with E-state index in [0.717, 1.165) is 83.6 Å². The molecule has 0 aliphatic rings. The number of nitrogens with zero attached hydrogens (tertiary/aromatic N) is 4. The molecule has 0 fully saturated rings. The Bertz CT molecular complexity index is 3620. The number of rotatable bonds is 7. The van der Waals surface area contributed by atoms with Gasteiger partial charge in [0.2, 0.25) is 0 Å². The highest BCUT2D eigenvalue weighted by atomic mass is 15.0. The topological polar surface area (TPSA) is 43.6 Å². The number of fused-ring (bicyclic) bond motifs is 6. The lowest BCUT2D eigenvalue weighted by atomic mass is 9.90. The van der Waals surface area contributed by atoms with Crippen molar-refractivity contribution < 1.29 is 0 Å². The Balaban J connectivity index is 1.03. The fraction of sp³-hybridized carbons (Fsp3) is 0. The summed E-state index contributed by atoms with van der Waals surface area (Å²) >= 11 is 0. The summed E-state index contributed by atoms with van der Waals surface area (Å²) in [5.74, 6) is 0.668. The van der Waals surface area contributed by atoms with Gasteiger partial charge in [-0.15, -0.1) is 0 Å². The van der Waals surface area contributed by atoms with Crippen molar-refractivity contribution in [3.8, 4) is 73.1 Å². The number of pyridine rings is 1. The first-order chi connectivity index (χ1) is 31.2. The summed E-state index contributed by atoms with van der Waals surface area (Å²) < 4.78 is 2.34. The predicted octanol–water partition coefficient (Wildman–Crippen LogP) is 15.3. The van der Waals surface area contributed by atoms with Crippen LogP contribution in [0.15, 0.2) is 231 Å². The van der Waals surface area contributed by atoms with E-state index < -0.39 is 0 Å². The first-order valence-corrected chi connectivity index (χ1v) is 21.4. The van der Waals surface area contributed by atoms with Crippen molar-refractivity contribution in [3.63, 3.8) is 0 Å². The standard InChI is InChI=1S/C59H38N4/c1-4-18-39(19-5-1)51-37-52(40-20-6-2-7-21-40)60-55-36-50(46-28-10-11-31-49(46)58(51)55)42-24-16-25-43(34-42)54-38-53(41-22-8-3-9-23-41)61-59(62-54)44-26-17-27-45(35-44)63-56-32-14-12-29-47(56)48-30-13-15-33-57(48)63/h1-38H. The van der Waals surface area contributed by atoms with E-state index in [0.29, 0.717) is 5.82 Å². The summed E-state index contributed by atoms with van der Waals surface area (Å²) in [7, 11) is 0. The molecule has 0 amide bonds. The van der Waals surface area contributed by atoms with E-state index in [4.69, 9.17) is 15.0 Å². The summed E-state index contributed by atoms with van der Waals surface area (Å²) in [6.45, 7) is 0. The second-order valence-corrected chi connectivity index (χ2v) is 16.0. The lowest BCUT2D eigenvalue weighted by Crippen LogP contribution is -1.98. The summed E-state index contributed by atoms with van der Waals surface area (Å²) in [5, 5.41) is 5.94. The first kappa shape index (κ1) is 36.4. The quantitative estimate of drug-likeness (QED) is 0.151. The van der Waals surface area contributed by atoms with Gasteiger partial charge in [-0.25, -0.2) is 15.0 Å². The van der Waals surface area contributed by atoms with Crippen LogP contribution in [0.25, 0.3) is 117 Å². The fourth-order valence-electron chi connectivity index (χ4n) is 9.26. The fourth-order valence-corrected chi connectivity index (χ4v) is 9.26. The van der Waals surface area contributed by atoms with Crippen LogP contribution in [-0.2, 0) is 0 Å². The molecule has 3 aromatic heterocycles. The maximum Gasteiger partial charge on any atom is 0.160 e. The molecule has 0 aliphatic heterocycles. The van der Waals surface area contributed by atoms with Gasteiger partial charge in [-0.3, -0.25) is 0 Å². The highest BCUT2D eigenvalue weighted by molar-refractivity contribution is 6.18. The molecule has 63 heavy (non-hydrogen) atoms. The van der Waals surface area contributed by atoms with E-state index in [1.807, 2.05) is 6.07 Å². The largest absolute Gasteiger partial charge is 0.309 e. The van der Waals surface area contributed by atoms with Crippen LogP contribution in [0.5, 0.6) is 0 Å². The van der Waals surface area contributed by atoms with Crippen LogP contribution in [0, 0.1) is 0 Å². The van der Waals surface area contributed by atoms with Crippen molar-refractivity contribution in [1.82, 2.24) is 19.5 Å². The van der Waals surface area contributed by atoms with Crippen LogP contribution >= 0.6 is 0 Å². The third kappa shape index (κ3) is 6.44. The Hall–Kier alpha value is -8.47. The lowest BCUT2D eigenvalue weighted by Gasteiger charge is -2.16. The Morgan fingerprint density at radius 1 is 0.286 bits per heavy atom. The van der Waals surface area contributed by atoms with E-state index in [1.54, 1.807) is 0 Å². The zero-order valence-electron chi connectivity index (χ0n) is 34.2. The van der Waals surface area contributed by atoms with Crippen LogP contribution in [0.2, 0.25) is 0 Å². The third-order valence-corrected chi connectivity index (χ3v) is 12.2. The van der Waals surface area contributed by atoms with Gasteiger partial charge >= 0.3 is 0 Å². The highest BCUT2D eigenvalue weighted by Crippen LogP contribution is 2.42. The van der Waals surface area contributed by atoms with Gasteiger partial charge in [0.05, 0.1) is 33.6 Å². The van der Waals surface area contributed by atoms with Crippen LogP contribution in [0.1, 0.15) is 0 Å². The molecule has 12 aromatic rings. The smallest absolute Gasteiger partial charge is 0.160 e. The van der Waals surface area contributed by atoms with Gasteiger partial charge in [0, 0.05) is 44.1 Å². The zero-order chi connectivity index (χ0) is 41.7. The van der Waals surface area contributed by atoms with Gasteiger partial charge in [-0.2, -0.15) is 0 Å². The van der Waals surface area contributed by atoms with Gasteiger partial charge < -0.3 is 4.57 Å². The van der Waals surface area contributed by atoms with Crippen molar-refractivity contribution in [2.75, 3.05) is 0 Å². The molecule has 294 valence electrons. The molecule has 0 spiro atoms. The van der Waals surface area contributed by atoms with Crippen molar-refractivity contribution in [1.29, 1.82) is 0 Å². The number of para-hydroxylation sites is 2. The minimum Gasteiger partial charge on any atom is -0.309 e. The maximum atomic E-state index is 5.38. The SMILES string of the molecule is c1ccc(-c2cc(-c3cccc(-c4cc5nc(-c6ccccc6)cc(-c6ccccc6)c5c5ccccc45)c3)nc(-c3cccc(-n4c5ccccc5c5ccccc54)c3)n2)cc1. The number of hydrogen-bond acceptors (Lipinski definition) is 3. The highest BCUT2D eigenvalue weighted by Gasteiger charge is 2.18. The molecule has 0 saturated carbocycles. The van der Waals surface area contributed by atoms with Crippen LogP contribution in [0.3, 0.4) is 0 Å². The number of benzene rings is 9. The molecule has 0 radical (unpaired) electrons. The average molecular weight is 803 g/mol. The van der Waals surface area contributed by atoms with Crippen molar-refractivity contribution in [2.24, 2.45) is 0 Å². The van der Waals surface area contributed by atoms with Crippen LogP contribution < -0.4 is 0 Å². The van der Waals surface area contributed by atoms with E-state index in [-0.39, 0.29) is 0 Å². The summed E-state index contributed by atoms with van der Waals surface area (Å²) in [6, 6.07) is 81.5. The van der Waals surface area contributed by atoms with Crippen molar-refractivity contribution >= 4 is 43.5 Å². The molecular formula is C59H38N4. The van der Waals surface area contributed by atoms with Crippen LogP contribution in [-0.4, -0.2) is 19.5 Å². The van der Waals surface area contributed by atoms with Gasteiger partial charge in [-0.05, 0) is 81.6 Å². The molecule has 0 unspecified atom stereocenters. The van der Waals surface area contributed by atoms with Crippen molar-refractivity contribution in [3.05, 3.63) is 231 Å². The van der Waals surface area contributed by atoms with Gasteiger partial charge in [0.15, 0.2) is 5.82 Å². The molecule has 9 aromatic carbocycles. The molecule has 12 rings (SSSR count). The lowest BCUT2D eigenvalue weighted by molar-refractivity contribution is 1.16. The van der Waals surface area contributed by atoms with Gasteiger partial charge in [0.25, 0.3) is 0 Å². The molecule has 3 heterocycles. The zero-order valence-corrected chi connectivity index (χ0v) is 34.2. The first-order valence-electron chi connectivity index (χ1n) is 21.4. The number of hydrogen-bond donors (Lipinski definition) is 0. The minimum atomic E-state index is 0.668. The normalized spacial score (nSPS) is 11.5. The monoisotopic (exact) mass is 802 g/mol. The molecule has 0 atom stereocenters. The second-order valence-electron chi connectivity index (χ2n) is 16.0. The molecular weight excluding hydrogens is 765 g/mol. The summed E-state index contributed by atoms with van der Waals surface area (Å²) in [4.78, 5) is 16.0. The maximum absolute atomic E-state index is 5.38. The van der Waals surface area contributed by atoms with Gasteiger partial charge in [-0.1, -0.05) is 182 Å². The average Bonchev–Trinajstić information content (AvgIpc) is 3.71. The molecule has 0 N–H and O–H groups in total. The predicted molar refractivity (Wildman–Crippen MR) is 262 cm³/mol. The minimum absolute atomic E-state index is 0.668. The van der Waals surface area contributed by atoms with E-state index in [1.165, 1.54) is 27.1 Å². The Morgan fingerprint density at radius 2 is 0.778 bits per heavy atom. The summed E-state index contributed by atoms with van der Waals surface area (Å²) in [6.07, 6.45) is 0. The Morgan fingerprint density at radius 3 is 1.44 bits per heavy atom. The third-order valence-electron chi connectivity index (χ3n) is 12.2. The summed E-state index contributed by atoms with van der Waals surface area (Å²) in [5.41, 5.74) is 15.6. The van der Waals surface area contributed by atoms with Gasteiger partial charge in [0.1, 0.15) is 0 Å². The second kappa shape index (κ2) is 15.2. The van der Waals surface area contributed by atoms with Crippen molar-refractivity contribution in [2.45, 2.75) is 0 Å². The number of aromatic nitrogens is 4. The van der Waals surface area contributed by atoms with E-state index in [2.05, 4.69) is 229 Å². The van der Waals surface area contributed by atoms with E-state index >= 15 is 0 Å². The van der Waals surface area contributed by atoms with E-state index in [9.17, 15) is 0 Å². The van der Waals surface area contributed by atoms with Crippen LogP contribution in [0.4, 0.5) is 0 Å². The molecule has 4 nitrogen and oxygen atoms in total. The molecule has 0 aliphatic carbocycles.